The molecule has 0 spiro atoms. The smallest absolute Gasteiger partial charge is 0.323 e. The number of alkyl halides is 3. The second-order valence-electron chi connectivity index (χ2n) is 10.3. The number of halogens is 5. The van der Waals surface area contributed by atoms with E-state index in [9.17, 15) is 27.2 Å². The van der Waals surface area contributed by atoms with Crippen molar-refractivity contribution in [1.82, 2.24) is 9.80 Å². The van der Waals surface area contributed by atoms with E-state index >= 15 is 0 Å². The van der Waals surface area contributed by atoms with Gasteiger partial charge in [-0.05, 0) is 98.8 Å². The van der Waals surface area contributed by atoms with Gasteiger partial charge in [0.1, 0.15) is 5.82 Å². The van der Waals surface area contributed by atoms with Gasteiger partial charge in [0.25, 0.3) is 0 Å². The van der Waals surface area contributed by atoms with E-state index in [1.807, 2.05) is 18.2 Å². The summed E-state index contributed by atoms with van der Waals surface area (Å²) in [4.78, 5) is 33.6. The van der Waals surface area contributed by atoms with Crippen LogP contribution in [0.3, 0.4) is 0 Å². The second-order valence-corrected chi connectivity index (χ2v) is 10.7. The Bertz CT molecular complexity index is 1300. The molecule has 0 radical (unpaired) electrons. The van der Waals surface area contributed by atoms with Crippen molar-refractivity contribution in [2.24, 2.45) is 5.92 Å². The predicted molar refractivity (Wildman–Crippen MR) is 152 cm³/mol. The number of likely N-dealkylation sites (tertiary alicyclic amines) is 1. The molecule has 0 saturated carbocycles. The van der Waals surface area contributed by atoms with E-state index in [0.717, 1.165) is 32.4 Å². The largest absolute Gasteiger partial charge is 0.493 e. The normalized spacial score (nSPS) is 14.4. The predicted octanol–water partition coefficient (Wildman–Crippen LogP) is 7.27. The number of carbonyl (C=O) groups excluding carboxylic acids is 2. The molecular formula is C31H32ClF4N3O3. The van der Waals surface area contributed by atoms with Crippen molar-refractivity contribution in [1.29, 1.82) is 0 Å². The van der Waals surface area contributed by atoms with Crippen LogP contribution in [0, 0.1) is 11.7 Å². The van der Waals surface area contributed by atoms with E-state index < -0.39 is 24.0 Å². The summed E-state index contributed by atoms with van der Waals surface area (Å²) >= 11 is 5.91. The van der Waals surface area contributed by atoms with E-state index in [1.54, 1.807) is 0 Å². The van der Waals surface area contributed by atoms with Crippen molar-refractivity contribution >= 4 is 29.3 Å². The maximum Gasteiger partial charge on any atom is 0.493 e. The molecule has 4 rings (SSSR count). The van der Waals surface area contributed by atoms with Gasteiger partial charge in [-0.2, -0.15) is 13.2 Å². The average molecular weight is 606 g/mol. The molecule has 2 amide bonds. The molecule has 224 valence electrons. The number of urea groups is 1. The molecule has 42 heavy (non-hydrogen) atoms. The van der Waals surface area contributed by atoms with Crippen molar-refractivity contribution in [3.63, 3.8) is 0 Å². The Kier molecular flexibility index (Phi) is 10.8. The zero-order valence-electron chi connectivity index (χ0n) is 22.9. The summed E-state index contributed by atoms with van der Waals surface area (Å²) in [6.45, 7) is 2.61. The highest BCUT2D eigenvalue weighted by Gasteiger charge is 2.44. The van der Waals surface area contributed by atoms with Crippen molar-refractivity contribution < 1.29 is 32.0 Å². The van der Waals surface area contributed by atoms with Gasteiger partial charge in [0.2, 0.25) is 0 Å². The second kappa shape index (κ2) is 14.5. The minimum atomic E-state index is -5.32. The van der Waals surface area contributed by atoms with Crippen LogP contribution < -0.4 is 5.06 Å². The SMILES string of the molecule is O=C(N(CCCN1CCC(Cc2ccccc2)CC1)Cc1ccc(F)cc1)N(OC(=O)C(F)(F)F)c1ccc(Cl)cc1. The lowest BCUT2D eigenvalue weighted by Crippen LogP contribution is -2.47. The molecule has 11 heteroatoms. The summed E-state index contributed by atoms with van der Waals surface area (Å²) in [5.41, 5.74) is 1.78. The van der Waals surface area contributed by atoms with Crippen LogP contribution >= 0.6 is 11.6 Å². The van der Waals surface area contributed by atoms with Crippen LogP contribution in [0.5, 0.6) is 0 Å². The zero-order chi connectivity index (χ0) is 30.1. The van der Waals surface area contributed by atoms with Crippen molar-refractivity contribution in [2.45, 2.75) is 38.4 Å². The molecule has 0 atom stereocenters. The topological polar surface area (TPSA) is 53.1 Å². The fourth-order valence-electron chi connectivity index (χ4n) is 4.94. The van der Waals surface area contributed by atoms with Gasteiger partial charge < -0.3 is 14.6 Å². The molecule has 3 aromatic carbocycles. The first-order chi connectivity index (χ1) is 20.1. The molecule has 0 aliphatic carbocycles. The van der Waals surface area contributed by atoms with Crippen LogP contribution in [0.15, 0.2) is 78.9 Å². The van der Waals surface area contributed by atoms with Crippen LogP contribution in [0.1, 0.15) is 30.4 Å². The van der Waals surface area contributed by atoms with E-state index in [4.69, 9.17) is 11.6 Å². The summed E-state index contributed by atoms with van der Waals surface area (Å²) in [5.74, 6) is -2.41. The summed E-state index contributed by atoms with van der Waals surface area (Å²) in [6.07, 6.45) is -1.67. The van der Waals surface area contributed by atoms with Gasteiger partial charge in [0, 0.05) is 18.1 Å². The number of amides is 2. The summed E-state index contributed by atoms with van der Waals surface area (Å²) in [5, 5.41) is 0.606. The molecule has 0 N–H and O–H groups in total. The highest BCUT2D eigenvalue weighted by atomic mass is 35.5. The molecule has 1 saturated heterocycles. The monoisotopic (exact) mass is 605 g/mol. The fourth-order valence-corrected chi connectivity index (χ4v) is 5.07. The zero-order valence-corrected chi connectivity index (χ0v) is 23.7. The Labute approximate surface area is 247 Å². The number of nitrogens with zero attached hydrogens (tertiary/aromatic N) is 3. The first-order valence-corrected chi connectivity index (χ1v) is 14.1. The Morgan fingerprint density at radius 1 is 0.905 bits per heavy atom. The van der Waals surface area contributed by atoms with Gasteiger partial charge in [0.05, 0.1) is 5.69 Å². The molecule has 1 heterocycles. The molecule has 0 bridgehead atoms. The van der Waals surface area contributed by atoms with Gasteiger partial charge in [-0.1, -0.05) is 54.1 Å². The minimum Gasteiger partial charge on any atom is -0.323 e. The van der Waals surface area contributed by atoms with Gasteiger partial charge in [0.15, 0.2) is 0 Å². The first kappa shape index (κ1) is 31.3. The minimum absolute atomic E-state index is 0.0358. The van der Waals surface area contributed by atoms with Crippen molar-refractivity contribution in [3.8, 4) is 0 Å². The summed E-state index contributed by atoms with van der Waals surface area (Å²) in [6, 6.07) is 20.1. The number of rotatable bonds is 9. The standard InChI is InChI=1S/C31H32ClF4N3O3/c32-26-9-13-28(14-10-26)39(42-29(40)31(34,35)36)30(41)38(22-25-7-11-27(33)12-8-25)18-4-17-37-19-15-24(16-20-37)21-23-5-2-1-3-6-23/h1-3,5-14,24H,4,15-22H2. The molecule has 6 nitrogen and oxygen atoms in total. The molecule has 0 unspecified atom stereocenters. The van der Waals surface area contributed by atoms with E-state index in [0.29, 0.717) is 29.5 Å². The summed E-state index contributed by atoms with van der Waals surface area (Å²) in [7, 11) is 0. The van der Waals surface area contributed by atoms with E-state index in [1.165, 1.54) is 59.0 Å². The molecule has 1 fully saturated rings. The number of hydrogen-bond acceptors (Lipinski definition) is 4. The lowest BCUT2D eigenvalue weighted by molar-refractivity contribution is -0.200. The Morgan fingerprint density at radius 3 is 2.17 bits per heavy atom. The first-order valence-electron chi connectivity index (χ1n) is 13.7. The quantitative estimate of drug-likeness (QED) is 0.190. The molecule has 1 aliphatic rings. The van der Waals surface area contributed by atoms with Crippen molar-refractivity contribution in [3.05, 3.63) is 101 Å². The third-order valence-electron chi connectivity index (χ3n) is 7.17. The molecule has 1 aliphatic heterocycles. The molecular weight excluding hydrogens is 574 g/mol. The Hall–Kier alpha value is -3.63. The Morgan fingerprint density at radius 2 is 1.55 bits per heavy atom. The number of benzene rings is 3. The third-order valence-corrected chi connectivity index (χ3v) is 7.43. The van der Waals surface area contributed by atoms with Gasteiger partial charge >= 0.3 is 18.2 Å². The Balaban J connectivity index is 1.43. The van der Waals surface area contributed by atoms with Crippen LogP contribution in [0.4, 0.5) is 28.0 Å². The molecule has 0 aromatic heterocycles. The van der Waals surface area contributed by atoms with Crippen LogP contribution in [0.25, 0.3) is 0 Å². The van der Waals surface area contributed by atoms with Crippen LogP contribution in [-0.4, -0.2) is 54.2 Å². The van der Waals surface area contributed by atoms with Gasteiger partial charge in [-0.25, -0.2) is 14.0 Å². The number of anilines is 1. The van der Waals surface area contributed by atoms with Gasteiger partial charge in [-0.15, -0.1) is 5.06 Å². The maximum atomic E-state index is 13.6. The third kappa shape index (κ3) is 9.19. The fraction of sp³-hybridized carbons (Fsp3) is 0.355. The number of carbonyl (C=O) groups is 2. The number of hydroxylamine groups is 1. The van der Waals surface area contributed by atoms with E-state index in [-0.39, 0.29) is 23.8 Å². The highest BCUT2D eigenvalue weighted by molar-refractivity contribution is 6.30. The van der Waals surface area contributed by atoms with Crippen LogP contribution in [0.2, 0.25) is 5.02 Å². The lowest BCUT2D eigenvalue weighted by Gasteiger charge is -2.33. The maximum absolute atomic E-state index is 13.6. The lowest BCUT2D eigenvalue weighted by atomic mass is 9.90. The number of piperidine rings is 1. The summed E-state index contributed by atoms with van der Waals surface area (Å²) < 4.78 is 52.8. The highest BCUT2D eigenvalue weighted by Crippen LogP contribution is 2.25. The number of hydrogen-bond donors (Lipinski definition) is 0. The van der Waals surface area contributed by atoms with Crippen LogP contribution in [-0.2, 0) is 22.6 Å². The van der Waals surface area contributed by atoms with E-state index in [2.05, 4.69) is 21.9 Å². The van der Waals surface area contributed by atoms with Crippen molar-refractivity contribution in [2.75, 3.05) is 31.2 Å². The average Bonchev–Trinajstić information content (AvgIpc) is 2.97. The van der Waals surface area contributed by atoms with Gasteiger partial charge in [-0.3, -0.25) is 0 Å². The molecule has 3 aromatic rings.